The van der Waals surface area contributed by atoms with Gasteiger partial charge in [-0.3, -0.25) is 9.59 Å². The van der Waals surface area contributed by atoms with Crippen LogP contribution in [0.3, 0.4) is 0 Å². The van der Waals surface area contributed by atoms with Crippen LogP contribution in [0.4, 0.5) is 0 Å². The van der Waals surface area contributed by atoms with Crippen LogP contribution in [0, 0.1) is 0 Å². The molecule has 0 bridgehead atoms. The van der Waals surface area contributed by atoms with Gasteiger partial charge < -0.3 is 4.90 Å². The van der Waals surface area contributed by atoms with E-state index >= 15 is 0 Å². The minimum atomic E-state index is -0.200. The van der Waals surface area contributed by atoms with Gasteiger partial charge in [-0.05, 0) is 6.42 Å². The smallest absolute Gasteiger partial charge is 0.256 e. The van der Waals surface area contributed by atoms with Crippen molar-refractivity contribution in [3.8, 4) is 0 Å². The first-order valence-corrected chi connectivity index (χ1v) is 4.49. The van der Waals surface area contributed by atoms with Gasteiger partial charge in [-0.25, -0.2) is 0 Å². The standard InChI is InChI=1S/C10H17NO2/c1-5-7-8(9(12)6-2)10(13)11(3)4/h7H,5-6H2,1-4H3/b8-7-. The van der Waals surface area contributed by atoms with E-state index in [2.05, 4.69) is 0 Å². The van der Waals surface area contributed by atoms with Crippen LogP contribution in [0.5, 0.6) is 0 Å². The van der Waals surface area contributed by atoms with E-state index in [-0.39, 0.29) is 11.7 Å². The molecular formula is C10H17NO2. The molecule has 0 aliphatic heterocycles. The zero-order chi connectivity index (χ0) is 10.4. The van der Waals surface area contributed by atoms with Crippen LogP contribution in [0.2, 0.25) is 0 Å². The van der Waals surface area contributed by atoms with Crippen LogP contribution in [-0.2, 0) is 9.59 Å². The number of carbonyl (C=O) groups excluding carboxylic acids is 2. The van der Waals surface area contributed by atoms with E-state index < -0.39 is 0 Å². The first-order chi connectivity index (χ1) is 6.04. The second-order valence-corrected chi connectivity index (χ2v) is 3.00. The minimum absolute atomic E-state index is 0.0828. The largest absolute Gasteiger partial charge is 0.345 e. The van der Waals surface area contributed by atoms with Gasteiger partial charge in [0.25, 0.3) is 5.91 Å². The molecule has 0 N–H and O–H groups in total. The second-order valence-electron chi connectivity index (χ2n) is 3.00. The molecule has 0 aliphatic rings. The molecule has 3 heteroatoms. The Bertz CT molecular complexity index is 229. The number of allylic oxidation sites excluding steroid dienone is 1. The fourth-order valence-corrected chi connectivity index (χ4v) is 0.956. The molecule has 0 aromatic heterocycles. The minimum Gasteiger partial charge on any atom is -0.345 e. The Morgan fingerprint density at radius 1 is 1.23 bits per heavy atom. The summed E-state index contributed by atoms with van der Waals surface area (Å²) in [6.45, 7) is 3.67. The molecule has 0 atom stereocenters. The molecule has 1 amide bonds. The molecule has 0 unspecified atom stereocenters. The summed E-state index contributed by atoms with van der Waals surface area (Å²) in [4.78, 5) is 24.2. The van der Waals surface area contributed by atoms with Crippen LogP contribution in [0.25, 0.3) is 0 Å². The van der Waals surface area contributed by atoms with Crippen molar-refractivity contribution >= 4 is 11.7 Å². The van der Waals surface area contributed by atoms with Crippen molar-refractivity contribution in [2.75, 3.05) is 14.1 Å². The third kappa shape index (κ3) is 3.40. The highest BCUT2D eigenvalue weighted by atomic mass is 16.2. The lowest BCUT2D eigenvalue weighted by Crippen LogP contribution is -2.27. The van der Waals surface area contributed by atoms with Gasteiger partial charge in [0, 0.05) is 20.5 Å². The van der Waals surface area contributed by atoms with Gasteiger partial charge in [0.15, 0.2) is 5.78 Å². The van der Waals surface area contributed by atoms with Crippen molar-refractivity contribution in [1.82, 2.24) is 4.90 Å². The molecule has 13 heavy (non-hydrogen) atoms. The molecule has 0 saturated carbocycles. The van der Waals surface area contributed by atoms with E-state index in [1.807, 2.05) is 6.92 Å². The Morgan fingerprint density at radius 2 is 1.77 bits per heavy atom. The van der Waals surface area contributed by atoms with Crippen molar-refractivity contribution in [3.63, 3.8) is 0 Å². The predicted octanol–water partition coefficient (Wildman–Crippen LogP) is 1.39. The zero-order valence-corrected chi connectivity index (χ0v) is 8.76. The monoisotopic (exact) mass is 183 g/mol. The van der Waals surface area contributed by atoms with Gasteiger partial charge in [-0.1, -0.05) is 19.9 Å². The summed E-state index contributed by atoms with van der Waals surface area (Å²) in [6.07, 6.45) is 2.78. The number of ketones is 1. The molecule has 0 fully saturated rings. The van der Waals surface area contributed by atoms with Crippen LogP contribution in [0.15, 0.2) is 11.6 Å². The van der Waals surface area contributed by atoms with E-state index in [0.717, 1.165) is 0 Å². The van der Waals surface area contributed by atoms with Gasteiger partial charge in [0.05, 0.1) is 5.57 Å². The number of nitrogens with zero attached hydrogens (tertiary/aromatic N) is 1. The van der Waals surface area contributed by atoms with Crippen molar-refractivity contribution in [2.45, 2.75) is 26.7 Å². The zero-order valence-electron chi connectivity index (χ0n) is 8.76. The summed E-state index contributed by atoms with van der Waals surface area (Å²) in [5, 5.41) is 0. The fraction of sp³-hybridized carbons (Fsp3) is 0.600. The quantitative estimate of drug-likeness (QED) is 0.375. The number of likely N-dealkylation sites (N-methyl/N-ethyl adjacent to an activating group) is 1. The third-order valence-electron chi connectivity index (χ3n) is 1.67. The number of hydrogen-bond donors (Lipinski definition) is 0. The van der Waals surface area contributed by atoms with Crippen molar-refractivity contribution in [3.05, 3.63) is 11.6 Å². The van der Waals surface area contributed by atoms with E-state index in [4.69, 9.17) is 0 Å². The number of amides is 1. The summed E-state index contributed by atoms with van der Waals surface area (Å²) in [7, 11) is 3.30. The molecule has 0 saturated heterocycles. The van der Waals surface area contributed by atoms with Crippen molar-refractivity contribution < 1.29 is 9.59 Å². The Kier molecular flexibility index (Phi) is 5.04. The summed E-state index contributed by atoms with van der Waals surface area (Å²) >= 11 is 0. The van der Waals surface area contributed by atoms with Gasteiger partial charge in [-0.2, -0.15) is 0 Å². The molecule has 0 spiro atoms. The van der Waals surface area contributed by atoms with Crippen molar-refractivity contribution in [2.24, 2.45) is 0 Å². The number of hydrogen-bond acceptors (Lipinski definition) is 2. The van der Waals surface area contributed by atoms with Crippen LogP contribution < -0.4 is 0 Å². The lowest BCUT2D eigenvalue weighted by Gasteiger charge is -2.11. The first kappa shape index (κ1) is 11.9. The van der Waals surface area contributed by atoms with Gasteiger partial charge in [-0.15, -0.1) is 0 Å². The molecule has 0 aliphatic carbocycles. The van der Waals surface area contributed by atoms with Gasteiger partial charge in [0.1, 0.15) is 0 Å². The van der Waals surface area contributed by atoms with Gasteiger partial charge in [0.2, 0.25) is 0 Å². The fourth-order valence-electron chi connectivity index (χ4n) is 0.956. The molecule has 74 valence electrons. The average Bonchev–Trinajstić information content (AvgIpc) is 2.11. The molecule has 0 radical (unpaired) electrons. The maximum absolute atomic E-state index is 11.5. The maximum atomic E-state index is 11.5. The molecule has 0 aromatic carbocycles. The lowest BCUT2D eigenvalue weighted by molar-refractivity contribution is -0.127. The van der Waals surface area contributed by atoms with E-state index in [0.29, 0.717) is 18.4 Å². The number of Topliss-reactive ketones (excluding diaryl/α,β-unsaturated/α-hetero) is 1. The van der Waals surface area contributed by atoms with E-state index in [1.165, 1.54) is 4.90 Å². The van der Waals surface area contributed by atoms with E-state index in [1.54, 1.807) is 27.1 Å². The predicted molar refractivity (Wildman–Crippen MR) is 52.4 cm³/mol. The van der Waals surface area contributed by atoms with Crippen LogP contribution in [0.1, 0.15) is 26.7 Å². The molecule has 0 aromatic rings. The highest BCUT2D eigenvalue weighted by molar-refractivity contribution is 6.18. The summed E-state index contributed by atoms with van der Waals surface area (Å²) in [5.41, 5.74) is 0.315. The van der Waals surface area contributed by atoms with Crippen molar-refractivity contribution in [1.29, 1.82) is 0 Å². The number of carbonyl (C=O) groups is 2. The summed E-state index contributed by atoms with van der Waals surface area (Å²) in [6, 6.07) is 0. The average molecular weight is 183 g/mol. The highest BCUT2D eigenvalue weighted by Crippen LogP contribution is 2.05. The normalized spacial score (nSPS) is 11.2. The summed E-state index contributed by atoms with van der Waals surface area (Å²) < 4.78 is 0. The Balaban J connectivity index is 4.72. The number of rotatable bonds is 4. The first-order valence-electron chi connectivity index (χ1n) is 4.49. The molecule has 0 heterocycles. The third-order valence-corrected chi connectivity index (χ3v) is 1.67. The molecule has 3 nitrogen and oxygen atoms in total. The SMILES string of the molecule is CC/C=C(/C(=O)CC)C(=O)N(C)C. The van der Waals surface area contributed by atoms with Gasteiger partial charge >= 0.3 is 0 Å². The summed E-state index contributed by atoms with van der Waals surface area (Å²) in [5.74, 6) is -0.283. The Labute approximate surface area is 79.4 Å². The Morgan fingerprint density at radius 3 is 2.08 bits per heavy atom. The molecular weight excluding hydrogens is 166 g/mol. The highest BCUT2D eigenvalue weighted by Gasteiger charge is 2.16. The maximum Gasteiger partial charge on any atom is 0.256 e. The molecule has 0 rings (SSSR count). The second kappa shape index (κ2) is 5.51. The van der Waals surface area contributed by atoms with Crippen LogP contribution >= 0.6 is 0 Å². The van der Waals surface area contributed by atoms with E-state index in [9.17, 15) is 9.59 Å². The topological polar surface area (TPSA) is 37.4 Å². The lowest BCUT2D eigenvalue weighted by atomic mass is 10.1. The Hall–Kier alpha value is -1.12. The van der Waals surface area contributed by atoms with Crippen LogP contribution in [-0.4, -0.2) is 30.7 Å².